The summed E-state index contributed by atoms with van der Waals surface area (Å²) < 4.78 is 34.7. The van der Waals surface area contributed by atoms with E-state index in [9.17, 15) is 9.90 Å². The number of esters is 1. The summed E-state index contributed by atoms with van der Waals surface area (Å²) in [7, 11) is 1.61. The normalized spacial score (nSPS) is 32.7. The van der Waals surface area contributed by atoms with E-state index >= 15 is 0 Å². The average molecular weight is 422 g/mol. The maximum Gasteiger partial charge on any atom is 0.340 e. The lowest BCUT2D eigenvalue weighted by molar-refractivity contribution is -0.447. The Morgan fingerprint density at radius 3 is 2.33 bits per heavy atom. The summed E-state index contributed by atoms with van der Waals surface area (Å²) >= 11 is 0. The number of fused-ring (bicyclic) bond motifs is 1. The minimum absolute atomic E-state index is 0.0737. The van der Waals surface area contributed by atoms with Gasteiger partial charge in [-0.1, -0.05) is 12.1 Å². The van der Waals surface area contributed by atoms with Gasteiger partial charge in [0.05, 0.1) is 33.5 Å². The molecule has 3 fully saturated rings. The molecule has 0 radical (unpaired) electrons. The number of ether oxygens (including phenoxy) is 6. The van der Waals surface area contributed by atoms with Crippen molar-refractivity contribution in [3.63, 3.8) is 0 Å². The number of carbonyl (C=O) groups excluding carboxylic acids is 1. The van der Waals surface area contributed by atoms with Crippen molar-refractivity contribution < 1.29 is 38.3 Å². The van der Waals surface area contributed by atoms with Gasteiger partial charge in [-0.2, -0.15) is 0 Å². The van der Waals surface area contributed by atoms with Crippen LogP contribution in [0.4, 0.5) is 0 Å². The molecule has 2 spiro atoms. The number of aliphatic hydroxyl groups excluding tert-OH is 1. The number of benzene rings is 1. The lowest BCUT2D eigenvalue weighted by atomic mass is 9.89. The highest BCUT2D eigenvalue weighted by Gasteiger charge is 2.65. The van der Waals surface area contributed by atoms with Crippen molar-refractivity contribution in [1.29, 1.82) is 0 Å². The minimum Gasteiger partial charge on any atom is -0.497 e. The Bertz CT molecular complexity index is 706. The van der Waals surface area contributed by atoms with Crippen molar-refractivity contribution >= 4 is 5.97 Å². The summed E-state index contributed by atoms with van der Waals surface area (Å²) in [4.78, 5) is 12.7. The van der Waals surface area contributed by atoms with Crippen LogP contribution in [0.2, 0.25) is 0 Å². The van der Waals surface area contributed by atoms with Crippen LogP contribution in [0.5, 0.6) is 5.75 Å². The van der Waals surface area contributed by atoms with Gasteiger partial charge in [0.2, 0.25) is 5.79 Å². The highest BCUT2D eigenvalue weighted by molar-refractivity contribution is 5.76. The average Bonchev–Trinajstić information content (AvgIpc) is 2.78. The van der Waals surface area contributed by atoms with Gasteiger partial charge in [0.1, 0.15) is 11.9 Å². The number of aliphatic hydroxyl groups is 1. The monoisotopic (exact) mass is 422 g/mol. The topological polar surface area (TPSA) is 92.7 Å². The summed E-state index contributed by atoms with van der Waals surface area (Å²) in [5.74, 6) is -2.30. The summed E-state index contributed by atoms with van der Waals surface area (Å²) in [5, 5.41) is 10.6. The fourth-order valence-corrected chi connectivity index (χ4v) is 4.30. The van der Waals surface area contributed by atoms with Gasteiger partial charge in [0.25, 0.3) is 5.79 Å². The first-order valence-electron chi connectivity index (χ1n) is 10.6. The molecule has 8 heteroatoms. The molecule has 166 valence electrons. The fraction of sp³-hybridized carbons (Fsp3) is 0.682. The van der Waals surface area contributed by atoms with Gasteiger partial charge >= 0.3 is 5.97 Å². The van der Waals surface area contributed by atoms with E-state index in [2.05, 4.69) is 0 Å². The molecular formula is C22H30O8. The third-order valence-electron chi connectivity index (χ3n) is 5.93. The van der Waals surface area contributed by atoms with E-state index in [0.29, 0.717) is 26.1 Å². The zero-order valence-electron chi connectivity index (χ0n) is 17.3. The van der Waals surface area contributed by atoms with Crippen molar-refractivity contribution in [3.05, 3.63) is 29.8 Å². The van der Waals surface area contributed by atoms with E-state index in [0.717, 1.165) is 37.0 Å². The molecule has 0 aromatic heterocycles. The fourth-order valence-electron chi connectivity index (χ4n) is 4.30. The second kappa shape index (κ2) is 9.20. The van der Waals surface area contributed by atoms with Gasteiger partial charge in [-0.15, -0.1) is 0 Å². The second-order valence-electron chi connectivity index (χ2n) is 8.01. The van der Waals surface area contributed by atoms with Crippen LogP contribution in [0.3, 0.4) is 0 Å². The van der Waals surface area contributed by atoms with Gasteiger partial charge < -0.3 is 33.5 Å². The number of rotatable bonds is 6. The summed E-state index contributed by atoms with van der Waals surface area (Å²) in [6.07, 6.45) is 2.26. The molecule has 1 aromatic rings. The molecule has 30 heavy (non-hydrogen) atoms. The standard InChI is InChI=1S/C22H30O8/c1-25-17-8-6-16(7-9-17)14-26-15-18(23)19-20(24)30-22(11-3-5-13-28-22)21(29-19)10-2-4-12-27-21/h6-9,18-19,23H,2-5,10-15H2,1H3/t18-,19-,21?,22?/m0/s1. The van der Waals surface area contributed by atoms with Crippen LogP contribution in [0.25, 0.3) is 0 Å². The van der Waals surface area contributed by atoms with E-state index in [4.69, 9.17) is 28.4 Å². The van der Waals surface area contributed by atoms with Crippen LogP contribution in [-0.4, -0.2) is 61.8 Å². The third-order valence-corrected chi connectivity index (χ3v) is 5.93. The molecule has 0 aliphatic carbocycles. The van der Waals surface area contributed by atoms with Crippen molar-refractivity contribution in [2.45, 2.75) is 68.9 Å². The summed E-state index contributed by atoms with van der Waals surface area (Å²) in [6.45, 7) is 1.20. The zero-order chi connectivity index (χ0) is 21.0. The van der Waals surface area contributed by atoms with Crippen molar-refractivity contribution in [2.75, 3.05) is 26.9 Å². The minimum atomic E-state index is -1.23. The van der Waals surface area contributed by atoms with Crippen LogP contribution in [0.1, 0.15) is 44.1 Å². The maximum absolute atomic E-state index is 12.7. The molecule has 0 bridgehead atoms. The van der Waals surface area contributed by atoms with E-state index in [1.54, 1.807) is 7.11 Å². The molecule has 2 unspecified atom stereocenters. The van der Waals surface area contributed by atoms with Crippen LogP contribution >= 0.6 is 0 Å². The van der Waals surface area contributed by atoms with Gasteiger partial charge in [-0.05, 0) is 43.4 Å². The van der Waals surface area contributed by atoms with Gasteiger partial charge in [-0.25, -0.2) is 4.79 Å². The zero-order valence-corrected chi connectivity index (χ0v) is 17.3. The lowest BCUT2D eigenvalue weighted by Crippen LogP contribution is -2.70. The van der Waals surface area contributed by atoms with Crippen LogP contribution in [0, 0.1) is 0 Å². The molecule has 0 amide bonds. The van der Waals surface area contributed by atoms with Crippen molar-refractivity contribution in [3.8, 4) is 5.75 Å². The number of hydrogen-bond donors (Lipinski definition) is 1. The number of methoxy groups -OCH3 is 1. The molecule has 3 heterocycles. The molecule has 3 aliphatic heterocycles. The molecule has 1 aromatic carbocycles. The van der Waals surface area contributed by atoms with Gasteiger partial charge in [0.15, 0.2) is 6.10 Å². The first-order valence-corrected chi connectivity index (χ1v) is 10.6. The molecule has 4 rings (SSSR count). The quantitative estimate of drug-likeness (QED) is 0.699. The number of hydrogen-bond acceptors (Lipinski definition) is 8. The van der Waals surface area contributed by atoms with Crippen LogP contribution in [0.15, 0.2) is 24.3 Å². The summed E-state index contributed by atoms with van der Waals surface area (Å²) in [5.41, 5.74) is 0.928. The molecule has 3 saturated heterocycles. The highest BCUT2D eigenvalue weighted by atomic mass is 16.8. The van der Waals surface area contributed by atoms with Gasteiger partial charge in [-0.3, -0.25) is 0 Å². The molecule has 3 aliphatic rings. The Balaban J connectivity index is 1.40. The predicted molar refractivity (Wildman–Crippen MR) is 105 cm³/mol. The maximum atomic E-state index is 12.7. The molecule has 8 nitrogen and oxygen atoms in total. The predicted octanol–water partition coefficient (Wildman–Crippen LogP) is 2.31. The first-order chi connectivity index (χ1) is 14.6. The first kappa shape index (κ1) is 21.5. The summed E-state index contributed by atoms with van der Waals surface area (Å²) in [6, 6.07) is 7.44. The van der Waals surface area contributed by atoms with Crippen LogP contribution in [-0.2, 0) is 35.1 Å². The smallest absolute Gasteiger partial charge is 0.340 e. The van der Waals surface area contributed by atoms with Gasteiger partial charge in [0, 0.05) is 12.8 Å². The van der Waals surface area contributed by atoms with E-state index in [1.165, 1.54) is 0 Å². The van der Waals surface area contributed by atoms with E-state index in [1.807, 2.05) is 24.3 Å². The largest absolute Gasteiger partial charge is 0.497 e. The Morgan fingerprint density at radius 1 is 1.07 bits per heavy atom. The Hall–Kier alpha value is -1.71. The van der Waals surface area contributed by atoms with E-state index < -0.39 is 29.8 Å². The molecule has 0 saturated carbocycles. The number of carbonyl (C=O) groups is 1. The Morgan fingerprint density at radius 2 is 1.73 bits per heavy atom. The Labute approximate surface area is 176 Å². The Kier molecular flexibility index (Phi) is 6.60. The van der Waals surface area contributed by atoms with Crippen molar-refractivity contribution in [1.82, 2.24) is 0 Å². The lowest BCUT2D eigenvalue weighted by Gasteiger charge is -2.55. The van der Waals surface area contributed by atoms with E-state index in [-0.39, 0.29) is 13.2 Å². The van der Waals surface area contributed by atoms with Crippen molar-refractivity contribution in [2.24, 2.45) is 0 Å². The molecular weight excluding hydrogens is 392 g/mol. The van der Waals surface area contributed by atoms with Crippen LogP contribution < -0.4 is 4.74 Å². The molecule has 1 N–H and O–H groups in total. The third kappa shape index (κ3) is 4.20. The highest BCUT2D eigenvalue weighted by Crippen LogP contribution is 2.48. The SMILES string of the molecule is COc1ccc(COC[C@H](O)[C@@H]2OC3(CCCCO3)C3(CCCCO3)OC2=O)cc1. The second-order valence-corrected chi connectivity index (χ2v) is 8.01. The molecule has 4 atom stereocenters.